The number of nitrogens with zero attached hydrogens (tertiary/aromatic N) is 2. The lowest BCUT2D eigenvalue weighted by atomic mass is 10.1. The lowest BCUT2D eigenvalue weighted by Gasteiger charge is -2.32. The number of amides is 2. The molecule has 0 spiro atoms. The molecule has 0 unspecified atom stereocenters. The van der Waals surface area contributed by atoms with Gasteiger partial charge >= 0.3 is 0 Å². The van der Waals surface area contributed by atoms with E-state index >= 15 is 0 Å². The van der Waals surface area contributed by atoms with E-state index in [9.17, 15) is 9.59 Å². The number of carbonyl (C=O) groups is 2. The van der Waals surface area contributed by atoms with E-state index in [0.717, 1.165) is 24.2 Å². The number of nitrogens with one attached hydrogen (secondary N) is 1. The highest BCUT2D eigenvalue weighted by Crippen LogP contribution is 2.27. The average Bonchev–Trinajstić information content (AvgIpc) is 3.32. The highest BCUT2D eigenvalue weighted by molar-refractivity contribution is 6.04. The lowest BCUT2D eigenvalue weighted by molar-refractivity contribution is 0.0557. The molecule has 154 valence electrons. The number of aryl methyl sites for hydroxylation is 1. The van der Waals surface area contributed by atoms with Gasteiger partial charge in [0.25, 0.3) is 11.8 Å². The predicted octanol–water partition coefficient (Wildman–Crippen LogP) is 3.92. The molecule has 0 bridgehead atoms. The van der Waals surface area contributed by atoms with Crippen molar-refractivity contribution >= 4 is 17.5 Å². The number of likely N-dealkylation sites (tertiary alicyclic amines) is 1. The van der Waals surface area contributed by atoms with Gasteiger partial charge in [0.2, 0.25) is 5.76 Å². The molecule has 1 aliphatic heterocycles. The minimum atomic E-state index is -0.162. The molecule has 2 heterocycles. The second kappa shape index (κ2) is 8.82. The fourth-order valence-corrected chi connectivity index (χ4v) is 3.44. The molecule has 7 heteroatoms. The van der Waals surface area contributed by atoms with Gasteiger partial charge in [0, 0.05) is 49.3 Å². The molecule has 1 N–H and O–H groups in total. The zero-order chi connectivity index (χ0) is 20.9. The Bertz CT molecular complexity index is 1010. The van der Waals surface area contributed by atoms with Gasteiger partial charge in [0.1, 0.15) is 11.9 Å². The summed E-state index contributed by atoms with van der Waals surface area (Å²) in [5, 5.41) is 6.50. The smallest absolute Gasteiger partial charge is 0.292 e. The number of hydrogen-bond donors (Lipinski definition) is 1. The molecule has 1 saturated heterocycles. The SMILES string of the molecule is Cc1ccc(NC(=O)c2ccccc2)cc1OC1CCN(C(=O)c2ccno2)CC1. The Morgan fingerprint density at radius 3 is 2.57 bits per heavy atom. The van der Waals surface area contributed by atoms with E-state index in [1.165, 1.54) is 6.20 Å². The summed E-state index contributed by atoms with van der Waals surface area (Å²) < 4.78 is 11.2. The Labute approximate surface area is 174 Å². The van der Waals surface area contributed by atoms with Crippen molar-refractivity contribution in [3.05, 3.63) is 77.7 Å². The van der Waals surface area contributed by atoms with Crippen LogP contribution in [-0.2, 0) is 0 Å². The van der Waals surface area contributed by atoms with Crippen molar-refractivity contribution in [2.75, 3.05) is 18.4 Å². The van der Waals surface area contributed by atoms with Gasteiger partial charge in [-0.15, -0.1) is 0 Å². The van der Waals surface area contributed by atoms with Crippen LogP contribution in [0.15, 0.2) is 65.3 Å². The first-order valence-corrected chi connectivity index (χ1v) is 9.94. The Balaban J connectivity index is 1.36. The standard InChI is InChI=1S/C23H23N3O4/c1-16-7-8-18(25-22(27)17-5-3-2-4-6-17)15-21(16)29-19-10-13-26(14-11-19)23(28)20-9-12-24-30-20/h2-9,12,15,19H,10-11,13-14H2,1H3,(H,25,27). The normalized spacial score (nSPS) is 14.4. The molecule has 7 nitrogen and oxygen atoms in total. The molecular weight excluding hydrogens is 382 g/mol. The summed E-state index contributed by atoms with van der Waals surface area (Å²) in [7, 11) is 0. The summed E-state index contributed by atoms with van der Waals surface area (Å²) in [6.45, 7) is 3.15. The molecular formula is C23H23N3O4. The molecule has 1 aromatic heterocycles. The van der Waals surface area contributed by atoms with Crippen LogP contribution in [0.1, 0.15) is 39.3 Å². The molecule has 2 aromatic carbocycles. The number of anilines is 1. The molecule has 1 aliphatic rings. The molecule has 30 heavy (non-hydrogen) atoms. The zero-order valence-electron chi connectivity index (χ0n) is 16.7. The maximum atomic E-state index is 12.4. The molecule has 0 radical (unpaired) electrons. The highest BCUT2D eigenvalue weighted by Gasteiger charge is 2.26. The van der Waals surface area contributed by atoms with Gasteiger partial charge in [0.15, 0.2) is 0 Å². The first-order valence-electron chi connectivity index (χ1n) is 9.94. The van der Waals surface area contributed by atoms with Gasteiger partial charge in [-0.25, -0.2) is 0 Å². The zero-order valence-corrected chi connectivity index (χ0v) is 16.7. The van der Waals surface area contributed by atoms with Crippen molar-refractivity contribution in [3.8, 4) is 5.75 Å². The second-order valence-corrected chi connectivity index (χ2v) is 7.29. The Hall–Kier alpha value is -3.61. The van der Waals surface area contributed by atoms with Crippen LogP contribution in [0.5, 0.6) is 5.75 Å². The monoisotopic (exact) mass is 405 g/mol. The van der Waals surface area contributed by atoms with E-state index in [4.69, 9.17) is 9.26 Å². The van der Waals surface area contributed by atoms with Crippen molar-refractivity contribution in [2.45, 2.75) is 25.9 Å². The Morgan fingerprint density at radius 1 is 1.10 bits per heavy atom. The Kier molecular flexibility index (Phi) is 5.79. The summed E-state index contributed by atoms with van der Waals surface area (Å²) in [5.74, 6) is 0.685. The van der Waals surface area contributed by atoms with Crippen LogP contribution in [0.3, 0.4) is 0 Å². The highest BCUT2D eigenvalue weighted by atomic mass is 16.5. The van der Waals surface area contributed by atoms with Crippen LogP contribution in [-0.4, -0.2) is 41.1 Å². The van der Waals surface area contributed by atoms with Crippen molar-refractivity contribution in [1.29, 1.82) is 0 Å². The quantitative estimate of drug-likeness (QED) is 0.695. The van der Waals surface area contributed by atoms with Gasteiger partial charge in [-0.1, -0.05) is 29.4 Å². The van der Waals surface area contributed by atoms with E-state index in [1.807, 2.05) is 43.3 Å². The van der Waals surface area contributed by atoms with Crippen LogP contribution in [0.4, 0.5) is 5.69 Å². The van der Waals surface area contributed by atoms with Gasteiger partial charge in [-0.3, -0.25) is 9.59 Å². The molecule has 1 fully saturated rings. The topological polar surface area (TPSA) is 84.7 Å². The van der Waals surface area contributed by atoms with E-state index in [-0.39, 0.29) is 23.7 Å². The number of hydrogen-bond acceptors (Lipinski definition) is 5. The largest absolute Gasteiger partial charge is 0.490 e. The van der Waals surface area contributed by atoms with Crippen LogP contribution in [0.2, 0.25) is 0 Å². The van der Waals surface area contributed by atoms with Crippen LogP contribution < -0.4 is 10.1 Å². The molecule has 0 saturated carbocycles. The summed E-state index contributed by atoms with van der Waals surface area (Å²) in [4.78, 5) is 26.5. The summed E-state index contributed by atoms with van der Waals surface area (Å²) in [6.07, 6.45) is 2.91. The van der Waals surface area contributed by atoms with Crippen LogP contribution in [0.25, 0.3) is 0 Å². The third-order valence-corrected chi connectivity index (χ3v) is 5.15. The number of piperidine rings is 1. The third-order valence-electron chi connectivity index (χ3n) is 5.15. The minimum absolute atomic E-state index is 0.00236. The summed E-state index contributed by atoms with van der Waals surface area (Å²) in [6, 6.07) is 16.3. The predicted molar refractivity (Wildman–Crippen MR) is 112 cm³/mol. The molecule has 0 aliphatic carbocycles. The second-order valence-electron chi connectivity index (χ2n) is 7.29. The molecule has 3 aromatic rings. The number of carbonyl (C=O) groups excluding carboxylic acids is 2. The molecule has 0 atom stereocenters. The maximum Gasteiger partial charge on any atom is 0.292 e. The third kappa shape index (κ3) is 4.51. The fraction of sp³-hybridized carbons (Fsp3) is 0.261. The van der Waals surface area contributed by atoms with E-state index < -0.39 is 0 Å². The maximum absolute atomic E-state index is 12.4. The van der Waals surface area contributed by atoms with Gasteiger partial charge in [-0.05, 0) is 30.7 Å². The number of ether oxygens (including phenoxy) is 1. The summed E-state index contributed by atoms with van der Waals surface area (Å²) in [5.41, 5.74) is 2.28. The van der Waals surface area contributed by atoms with Crippen molar-refractivity contribution in [1.82, 2.24) is 10.1 Å². The first kappa shape index (κ1) is 19.7. The fourth-order valence-electron chi connectivity index (χ4n) is 3.44. The van der Waals surface area contributed by atoms with E-state index in [2.05, 4.69) is 10.5 Å². The molecule has 4 rings (SSSR count). The number of aromatic nitrogens is 1. The van der Waals surface area contributed by atoms with Gasteiger partial charge in [0.05, 0.1) is 6.20 Å². The van der Waals surface area contributed by atoms with Crippen LogP contribution in [0, 0.1) is 6.92 Å². The van der Waals surface area contributed by atoms with Crippen LogP contribution >= 0.6 is 0 Å². The van der Waals surface area contributed by atoms with E-state index in [1.54, 1.807) is 23.1 Å². The molecule has 2 amide bonds. The van der Waals surface area contributed by atoms with Crippen molar-refractivity contribution < 1.29 is 18.8 Å². The number of rotatable bonds is 5. The first-order chi connectivity index (χ1) is 14.6. The van der Waals surface area contributed by atoms with Crippen molar-refractivity contribution in [2.24, 2.45) is 0 Å². The van der Waals surface area contributed by atoms with Gasteiger partial charge in [-0.2, -0.15) is 0 Å². The lowest BCUT2D eigenvalue weighted by Crippen LogP contribution is -2.41. The summed E-state index contributed by atoms with van der Waals surface area (Å²) >= 11 is 0. The van der Waals surface area contributed by atoms with Crippen molar-refractivity contribution in [3.63, 3.8) is 0 Å². The average molecular weight is 405 g/mol. The van der Waals surface area contributed by atoms with Gasteiger partial charge < -0.3 is 19.5 Å². The van der Waals surface area contributed by atoms with E-state index in [0.29, 0.717) is 24.3 Å². The minimum Gasteiger partial charge on any atom is -0.490 e. The number of benzene rings is 2. The Morgan fingerprint density at radius 2 is 1.87 bits per heavy atom.